The molecule has 0 spiro atoms. The molecule has 0 bridgehead atoms. The lowest BCUT2D eigenvalue weighted by atomic mass is 10.2. The van der Waals surface area contributed by atoms with Gasteiger partial charge in [-0.1, -0.05) is 19.9 Å². The van der Waals surface area contributed by atoms with Gasteiger partial charge in [0, 0.05) is 18.7 Å². The molecule has 0 atom stereocenters. The van der Waals surface area contributed by atoms with E-state index in [4.69, 9.17) is 4.42 Å². The van der Waals surface area contributed by atoms with Gasteiger partial charge < -0.3 is 9.73 Å². The molecule has 3 nitrogen and oxygen atoms in total. The Hall–Kier alpha value is -1.06. The zero-order valence-electron chi connectivity index (χ0n) is 12.0. The van der Waals surface area contributed by atoms with Crippen LogP contribution in [0.2, 0.25) is 0 Å². The third-order valence-electron chi connectivity index (χ3n) is 2.94. The molecule has 0 aliphatic heterocycles. The monoisotopic (exact) mass is 250 g/mol. The van der Waals surface area contributed by atoms with E-state index in [9.17, 15) is 0 Å². The average Bonchev–Trinajstić information content (AvgIpc) is 2.68. The third kappa shape index (κ3) is 4.67. The predicted octanol–water partition coefficient (Wildman–Crippen LogP) is 3.10. The summed E-state index contributed by atoms with van der Waals surface area (Å²) in [5, 5.41) is 3.29. The van der Waals surface area contributed by atoms with Crippen LogP contribution in [0.25, 0.3) is 0 Å². The first kappa shape index (κ1) is 15.0. The first-order valence-electron chi connectivity index (χ1n) is 6.83. The fraction of sp³-hybridized carbons (Fsp3) is 0.600. The second kappa shape index (κ2) is 8.11. The topological polar surface area (TPSA) is 28.4 Å². The summed E-state index contributed by atoms with van der Waals surface area (Å²) in [6.45, 7) is 14.9. The van der Waals surface area contributed by atoms with Gasteiger partial charge in [0.25, 0.3) is 0 Å². The van der Waals surface area contributed by atoms with Crippen LogP contribution in [0, 0.1) is 6.92 Å². The van der Waals surface area contributed by atoms with Crippen molar-refractivity contribution in [2.45, 2.75) is 40.3 Å². The van der Waals surface area contributed by atoms with Crippen LogP contribution in [0.1, 0.15) is 37.4 Å². The van der Waals surface area contributed by atoms with E-state index < -0.39 is 0 Å². The van der Waals surface area contributed by atoms with Gasteiger partial charge in [0.05, 0.1) is 6.54 Å². The van der Waals surface area contributed by atoms with E-state index in [0.717, 1.165) is 50.7 Å². The number of nitrogens with zero attached hydrogens (tertiary/aromatic N) is 1. The van der Waals surface area contributed by atoms with Gasteiger partial charge >= 0.3 is 0 Å². The quantitative estimate of drug-likeness (QED) is 0.683. The second-order valence-corrected chi connectivity index (χ2v) is 4.60. The molecule has 0 aromatic carbocycles. The van der Waals surface area contributed by atoms with Crippen LogP contribution in [0.15, 0.2) is 23.1 Å². The van der Waals surface area contributed by atoms with Crippen molar-refractivity contribution >= 4 is 0 Å². The van der Waals surface area contributed by atoms with Crippen LogP contribution >= 0.6 is 0 Å². The molecule has 1 N–H and O–H groups in total. The summed E-state index contributed by atoms with van der Waals surface area (Å²) in [6.07, 6.45) is 3.12. The van der Waals surface area contributed by atoms with E-state index in [1.165, 1.54) is 5.56 Å². The molecule has 0 amide bonds. The fourth-order valence-electron chi connectivity index (χ4n) is 2.05. The first-order chi connectivity index (χ1) is 8.71. The van der Waals surface area contributed by atoms with Crippen molar-refractivity contribution < 1.29 is 4.42 Å². The smallest absolute Gasteiger partial charge is 0.118 e. The van der Waals surface area contributed by atoms with Crippen molar-refractivity contribution in [1.82, 2.24) is 10.2 Å². The highest BCUT2D eigenvalue weighted by Crippen LogP contribution is 2.17. The molecule has 0 saturated carbocycles. The lowest BCUT2D eigenvalue weighted by molar-refractivity contribution is 0.293. The van der Waals surface area contributed by atoms with E-state index in [1.54, 1.807) is 0 Å². The minimum absolute atomic E-state index is 0.812. The van der Waals surface area contributed by atoms with E-state index in [-0.39, 0.29) is 0 Å². The summed E-state index contributed by atoms with van der Waals surface area (Å²) < 4.78 is 5.76. The first-order valence-corrected chi connectivity index (χ1v) is 6.83. The Bertz CT molecular complexity index is 357. The number of aryl methyl sites for hydroxylation is 1. The molecule has 0 radical (unpaired) electrons. The Morgan fingerprint density at radius 1 is 1.44 bits per heavy atom. The minimum Gasteiger partial charge on any atom is -0.465 e. The Labute approximate surface area is 111 Å². The van der Waals surface area contributed by atoms with Crippen LogP contribution in [0.3, 0.4) is 0 Å². The van der Waals surface area contributed by atoms with Gasteiger partial charge in [0.1, 0.15) is 11.5 Å². The molecule has 0 unspecified atom stereocenters. The van der Waals surface area contributed by atoms with Crippen LogP contribution in [0.4, 0.5) is 0 Å². The Balaban J connectivity index is 2.63. The van der Waals surface area contributed by atoms with E-state index >= 15 is 0 Å². The molecule has 0 saturated heterocycles. The molecule has 0 fully saturated rings. The average molecular weight is 250 g/mol. The third-order valence-corrected chi connectivity index (χ3v) is 2.94. The number of rotatable bonds is 9. The van der Waals surface area contributed by atoms with E-state index in [2.05, 4.69) is 36.7 Å². The van der Waals surface area contributed by atoms with Gasteiger partial charge in [-0.25, -0.2) is 0 Å². The Kier molecular flexibility index (Phi) is 6.76. The maximum absolute atomic E-state index is 5.76. The standard InChI is InChI=1S/C15H26N2O/c1-5-8-17(9-6-2)12-14-10-15(11-16-7-3)18-13(14)4/h5,10,16H,1,6-9,11-12H2,2-4H3. The maximum atomic E-state index is 5.76. The number of hydrogen-bond donors (Lipinski definition) is 1. The van der Waals surface area contributed by atoms with Gasteiger partial charge in [-0.3, -0.25) is 4.90 Å². The lowest BCUT2D eigenvalue weighted by Gasteiger charge is -2.19. The van der Waals surface area contributed by atoms with E-state index in [0.29, 0.717) is 0 Å². The fourth-order valence-corrected chi connectivity index (χ4v) is 2.05. The molecular weight excluding hydrogens is 224 g/mol. The van der Waals surface area contributed by atoms with E-state index in [1.807, 2.05) is 13.0 Å². The molecule has 0 aliphatic carbocycles. The zero-order valence-corrected chi connectivity index (χ0v) is 12.0. The van der Waals surface area contributed by atoms with Crippen LogP contribution in [-0.2, 0) is 13.1 Å². The predicted molar refractivity (Wildman–Crippen MR) is 76.6 cm³/mol. The minimum atomic E-state index is 0.812. The normalized spacial score (nSPS) is 11.1. The van der Waals surface area contributed by atoms with Crippen LogP contribution in [-0.4, -0.2) is 24.5 Å². The molecule has 1 rings (SSSR count). The summed E-state index contributed by atoms with van der Waals surface area (Å²) in [5.41, 5.74) is 1.29. The highest BCUT2D eigenvalue weighted by molar-refractivity contribution is 5.20. The van der Waals surface area contributed by atoms with Crippen LogP contribution < -0.4 is 5.32 Å². The van der Waals surface area contributed by atoms with Crippen molar-refractivity contribution in [3.8, 4) is 0 Å². The van der Waals surface area contributed by atoms with Crippen molar-refractivity contribution in [3.63, 3.8) is 0 Å². The SMILES string of the molecule is C=CCN(CCC)Cc1cc(CNCC)oc1C. The molecule has 1 heterocycles. The van der Waals surface area contributed by atoms with Crippen molar-refractivity contribution in [2.75, 3.05) is 19.6 Å². The molecule has 1 aromatic rings. The Morgan fingerprint density at radius 3 is 2.83 bits per heavy atom. The highest BCUT2D eigenvalue weighted by atomic mass is 16.3. The number of hydrogen-bond acceptors (Lipinski definition) is 3. The van der Waals surface area contributed by atoms with Crippen molar-refractivity contribution in [3.05, 3.63) is 35.8 Å². The van der Waals surface area contributed by atoms with Crippen molar-refractivity contribution in [1.29, 1.82) is 0 Å². The summed E-state index contributed by atoms with van der Waals surface area (Å²) >= 11 is 0. The molecule has 3 heteroatoms. The van der Waals surface area contributed by atoms with Gasteiger partial charge in [-0.15, -0.1) is 6.58 Å². The van der Waals surface area contributed by atoms with Gasteiger partial charge in [-0.05, 0) is 32.5 Å². The zero-order chi connectivity index (χ0) is 13.4. The maximum Gasteiger partial charge on any atom is 0.118 e. The van der Waals surface area contributed by atoms with Gasteiger partial charge in [0.2, 0.25) is 0 Å². The summed E-state index contributed by atoms with van der Waals surface area (Å²) in [7, 11) is 0. The lowest BCUT2D eigenvalue weighted by Crippen LogP contribution is -2.24. The number of nitrogens with one attached hydrogen (secondary N) is 1. The summed E-state index contributed by atoms with van der Waals surface area (Å²) in [6, 6.07) is 2.17. The van der Waals surface area contributed by atoms with Gasteiger partial charge in [0.15, 0.2) is 0 Å². The number of furan rings is 1. The van der Waals surface area contributed by atoms with Crippen LogP contribution in [0.5, 0.6) is 0 Å². The molecule has 102 valence electrons. The van der Waals surface area contributed by atoms with Crippen molar-refractivity contribution in [2.24, 2.45) is 0 Å². The second-order valence-electron chi connectivity index (χ2n) is 4.60. The molecule has 18 heavy (non-hydrogen) atoms. The highest BCUT2D eigenvalue weighted by Gasteiger charge is 2.10. The summed E-state index contributed by atoms with van der Waals surface area (Å²) in [4.78, 5) is 2.39. The molecular formula is C15H26N2O. The van der Waals surface area contributed by atoms with Gasteiger partial charge in [-0.2, -0.15) is 0 Å². The molecule has 0 aliphatic rings. The molecule has 1 aromatic heterocycles. The Morgan fingerprint density at radius 2 is 2.22 bits per heavy atom. The largest absolute Gasteiger partial charge is 0.465 e. The summed E-state index contributed by atoms with van der Waals surface area (Å²) in [5.74, 6) is 2.06.